The first kappa shape index (κ1) is 8.34. The molecule has 11 heavy (non-hydrogen) atoms. The molecule has 0 aliphatic heterocycles. The molecule has 0 aliphatic rings. The third-order valence-electron chi connectivity index (χ3n) is 1.44. The minimum absolute atomic E-state index is 0.308. The van der Waals surface area contributed by atoms with E-state index in [2.05, 4.69) is 5.32 Å². The van der Waals surface area contributed by atoms with E-state index in [4.69, 9.17) is 11.6 Å². The molecule has 1 nitrogen and oxygen atoms in total. The van der Waals surface area contributed by atoms with E-state index in [1.807, 2.05) is 0 Å². The maximum atomic E-state index is 13.0. The predicted octanol–water partition coefficient (Wildman–Crippen LogP) is 2.83. The second-order valence-corrected chi connectivity index (χ2v) is 2.76. The van der Waals surface area contributed by atoms with Gasteiger partial charge in [0.05, 0.1) is 10.7 Å². The highest BCUT2D eigenvalue weighted by molar-refractivity contribution is 6.33. The molecule has 0 aromatic heterocycles. The smallest absolute Gasteiger partial charge is 0.148 e. The van der Waals surface area contributed by atoms with Gasteiger partial charge in [-0.3, -0.25) is 0 Å². The fraction of sp³-hybridized carbons (Fsp3) is 0.250. The Bertz CT molecular complexity index is 250. The summed E-state index contributed by atoms with van der Waals surface area (Å²) in [5.74, 6) is -0.308. The Morgan fingerprint density at radius 3 is 2.55 bits per heavy atom. The largest absolute Gasteiger partial charge is 0.385 e. The van der Waals surface area contributed by atoms with Crippen LogP contribution in [0, 0.1) is 12.7 Å². The van der Waals surface area contributed by atoms with E-state index in [-0.39, 0.29) is 5.82 Å². The van der Waals surface area contributed by atoms with Gasteiger partial charge in [-0.25, -0.2) is 4.39 Å². The first-order chi connectivity index (χ1) is 5.15. The second-order valence-electron chi connectivity index (χ2n) is 2.35. The molecule has 0 spiro atoms. The molecule has 0 amide bonds. The van der Waals surface area contributed by atoms with Crippen molar-refractivity contribution in [3.05, 3.63) is 28.5 Å². The van der Waals surface area contributed by atoms with Crippen LogP contribution in [0.15, 0.2) is 12.1 Å². The predicted molar refractivity (Wildman–Crippen MR) is 45.7 cm³/mol. The summed E-state index contributed by atoms with van der Waals surface area (Å²) < 4.78 is 13.0. The normalized spacial score (nSPS) is 9.82. The maximum Gasteiger partial charge on any atom is 0.148 e. The Hall–Kier alpha value is -0.760. The number of hydrogen-bond donors (Lipinski definition) is 1. The summed E-state index contributed by atoms with van der Waals surface area (Å²) in [6.45, 7) is 1.80. The van der Waals surface area contributed by atoms with Crippen LogP contribution in [0.1, 0.15) is 5.56 Å². The first-order valence-electron chi connectivity index (χ1n) is 3.28. The van der Waals surface area contributed by atoms with Crippen molar-refractivity contribution in [2.24, 2.45) is 0 Å². The lowest BCUT2D eigenvalue weighted by atomic mass is 10.2. The second kappa shape index (κ2) is 3.09. The van der Waals surface area contributed by atoms with Crippen LogP contribution >= 0.6 is 11.6 Å². The van der Waals surface area contributed by atoms with Gasteiger partial charge in [-0.15, -0.1) is 0 Å². The molecule has 0 aliphatic carbocycles. The summed E-state index contributed by atoms with van der Waals surface area (Å²) in [6.07, 6.45) is 0. The molecule has 1 N–H and O–H groups in total. The van der Waals surface area contributed by atoms with Gasteiger partial charge in [-0.2, -0.15) is 0 Å². The van der Waals surface area contributed by atoms with Gasteiger partial charge in [0.25, 0.3) is 0 Å². The van der Waals surface area contributed by atoms with Gasteiger partial charge in [0, 0.05) is 7.05 Å². The molecule has 0 heterocycles. The number of hydrogen-bond acceptors (Lipinski definition) is 1. The highest BCUT2D eigenvalue weighted by atomic mass is 35.5. The van der Waals surface area contributed by atoms with E-state index in [0.29, 0.717) is 10.7 Å². The molecule has 1 rings (SSSR count). The number of anilines is 1. The zero-order valence-corrected chi connectivity index (χ0v) is 7.17. The third-order valence-corrected chi connectivity index (χ3v) is 1.73. The fourth-order valence-corrected chi connectivity index (χ4v) is 1.30. The minimum Gasteiger partial charge on any atom is -0.385 e. The summed E-state index contributed by atoms with van der Waals surface area (Å²) in [5, 5.41) is 3.11. The van der Waals surface area contributed by atoms with Gasteiger partial charge in [-0.05, 0) is 24.6 Å². The summed E-state index contributed by atoms with van der Waals surface area (Å²) in [5.41, 5.74) is 1.18. The van der Waals surface area contributed by atoms with Crippen molar-refractivity contribution in [3.63, 3.8) is 0 Å². The minimum atomic E-state index is -0.308. The summed E-state index contributed by atoms with van der Waals surface area (Å²) in [4.78, 5) is 0. The van der Waals surface area contributed by atoms with Gasteiger partial charge >= 0.3 is 0 Å². The van der Waals surface area contributed by atoms with Crippen molar-refractivity contribution >= 4 is 17.3 Å². The van der Waals surface area contributed by atoms with Gasteiger partial charge in [-0.1, -0.05) is 11.6 Å². The molecule has 1 aromatic carbocycles. The summed E-state index contributed by atoms with van der Waals surface area (Å²) in [6, 6.07) is 3.16. The van der Waals surface area contributed by atoms with Crippen LogP contribution in [-0.2, 0) is 0 Å². The average molecular weight is 174 g/mol. The molecule has 0 atom stereocenters. The van der Waals surface area contributed by atoms with E-state index in [0.717, 1.165) is 5.56 Å². The lowest BCUT2D eigenvalue weighted by Gasteiger charge is -2.05. The topological polar surface area (TPSA) is 12.0 Å². The molecule has 1 aromatic rings. The molecular weight excluding hydrogens is 165 g/mol. The molecule has 3 heteroatoms. The molecule has 60 valence electrons. The Labute approximate surface area is 70.2 Å². The summed E-state index contributed by atoms with van der Waals surface area (Å²) >= 11 is 5.73. The Morgan fingerprint density at radius 1 is 1.45 bits per heavy atom. The van der Waals surface area contributed by atoms with E-state index in [9.17, 15) is 4.39 Å². The van der Waals surface area contributed by atoms with Crippen LogP contribution < -0.4 is 5.32 Å². The van der Waals surface area contributed by atoms with Crippen molar-refractivity contribution in [3.8, 4) is 0 Å². The van der Waals surface area contributed by atoms with Gasteiger partial charge in [0.2, 0.25) is 0 Å². The van der Waals surface area contributed by atoms with E-state index in [1.54, 1.807) is 20.0 Å². The van der Waals surface area contributed by atoms with Crippen molar-refractivity contribution in [1.29, 1.82) is 0 Å². The molecule has 0 radical (unpaired) electrons. The van der Waals surface area contributed by atoms with E-state index in [1.165, 1.54) is 6.07 Å². The van der Waals surface area contributed by atoms with Crippen LogP contribution in [0.2, 0.25) is 5.02 Å². The van der Waals surface area contributed by atoms with E-state index >= 15 is 0 Å². The Morgan fingerprint density at radius 2 is 2.09 bits per heavy atom. The highest BCUT2D eigenvalue weighted by Gasteiger charge is 2.04. The number of rotatable bonds is 1. The zero-order chi connectivity index (χ0) is 8.43. The molecule has 0 saturated carbocycles. The zero-order valence-electron chi connectivity index (χ0n) is 6.41. The first-order valence-corrected chi connectivity index (χ1v) is 3.66. The van der Waals surface area contributed by atoms with Crippen LogP contribution in [0.4, 0.5) is 10.1 Å². The monoisotopic (exact) mass is 173 g/mol. The average Bonchev–Trinajstić information content (AvgIpc) is 1.85. The lowest BCUT2D eigenvalue weighted by molar-refractivity contribution is 0.630. The Balaban J connectivity index is 3.25. The van der Waals surface area contributed by atoms with Crippen LogP contribution in [0.3, 0.4) is 0 Å². The van der Waals surface area contributed by atoms with Gasteiger partial charge in [0.1, 0.15) is 5.82 Å². The molecule has 0 saturated heterocycles. The molecule has 0 unspecified atom stereocenters. The van der Waals surface area contributed by atoms with Gasteiger partial charge < -0.3 is 5.32 Å². The molecule has 0 fully saturated rings. The van der Waals surface area contributed by atoms with Crippen molar-refractivity contribution in [1.82, 2.24) is 0 Å². The SMILES string of the molecule is CNc1c(F)cc(C)cc1Cl. The molecular formula is C8H9ClFN. The van der Waals surface area contributed by atoms with Crippen LogP contribution in [-0.4, -0.2) is 7.05 Å². The van der Waals surface area contributed by atoms with Gasteiger partial charge in [0.15, 0.2) is 0 Å². The summed E-state index contributed by atoms with van der Waals surface area (Å²) in [7, 11) is 1.64. The number of nitrogens with one attached hydrogen (secondary N) is 1. The number of aryl methyl sites for hydroxylation is 1. The van der Waals surface area contributed by atoms with Crippen LogP contribution in [0.5, 0.6) is 0 Å². The third kappa shape index (κ3) is 1.63. The van der Waals surface area contributed by atoms with Crippen LogP contribution in [0.25, 0.3) is 0 Å². The lowest BCUT2D eigenvalue weighted by Crippen LogP contribution is -1.93. The number of halogens is 2. The standard InChI is InChI=1S/C8H9ClFN/c1-5-3-6(9)8(11-2)7(10)4-5/h3-4,11H,1-2H3. The number of benzene rings is 1. The van der Waals surface area contributed by atoms with Crippen molar-refractivity contribution in [2.75, 3.05) is 12.4 Å². The Kier molecular flexibility index (Phi) is 2.35. The quantitative estimate of drug-likeness (QED) is 0.689. The maximum absolute atomic E-state index is 13.0. The van der Waals surface area contributed by atoms with Crippen molar-refractivity contribution < 1.29 is 4.39 Å². The highest BCUT2D eigenvalue weighted by Crippen LogP contribution is 2.25. The van der Waals surface area contributed by atoms with Crippen molar-refractivity contribution in [2.45, 2.75) is 6.92 Å². The fourth-order valence-electron chi connectivity index (χ4n) is 0.939. The van der Waals surface area contributed by atoms with E-state index < -0.39 is 0 Å². The molecule has 0 bridgehead atoms.